The Hall–Kier alpha value is -3.39. The Morgan fingerprint density at radius 3 is 2.21 bits per heavy atom. The predicted octanol–water partition coefficient (Wildman–Crippen LogP) is 2.99. The van der Waals surface area contributed by atoms with Gasteiger partial charge in [0, 0.05) is 18.9 Å². The van der Waals surface area contributed by atoms with Crippen molar-refractivity contribution < 1.29 is 29.3 Å². The molecule has 8 heteroatoms. The number of carboxylic acids is 1. The van der Waals surface area contributed by atoms with E-state index in [1.807, 2.05) is 50.2 Å². The Labute approximate surface area is 198 Å². The topological polar surface area (TPSA) is 116 Å². The zero-order valence-corrected chi connectivity index (χ0v) is 19.3. The lowest BCUT2D eigenvalue weighted by molar-refractivity contribution is -0.149. The number of likely N-dealkylation sites (tertiary alicyclic amines) is 1. The molecule has 2 unspecified atom stereocenters. The number of rotatable bonds is 7. The first-order chi connectivity index (χ1) is 16.3. The maximum Gasteiger partial charge on any atom is 0.407 e. The van der Waals surface area contributed by atoms with Crippen LogP contribution >= 0.6 is 0 Å². The third-order valence-corrected chi connectivity index (χ3v) is 6.49. The standard InChI is InChI=1S/C26H30N2O6/c1-15(2)11-22(24(30)28-13-16(29)12-23(28)25(31)32)27-26(33)34-14-21-19-9-5-3-7-17(19)18-8-4-6-10-20(18)21/h3-10,15-16,21-23,29H,11-14H2,1-2H3,(H,27,33)(H,31,32)/t16?,22-,23?/m0/s1. The number of carbonyl (C=O) groups is 3. The van der Waals surface area contributed by atoms with Gasteiger partial charge in [-0.2, -0.15) is 0 Å². The average molecular weight is 467 g/mol. The van der Waals surface area contributed by atoms with Gasteiger partial charge in [-0.25, -0.2) is 9.59 Å². The molecule has 2 amide bonds. The summed E-state index contributed by atoms with van der Waals surface area (Å²) >= 11 is 0. The number of aliphatic hydroxyl groups excluding tert-OH is 1. The van der Waals surface area contributed by atoms with E-state index < -0.39 is 36.2 Å². The van der Waals surface area contributed by atoms with Crippen LogP contribution in [0.2, 0.25) is 0 Å². The third kappa shape index (κ3) is 4.77. The molecule has 3 atom stereocenters. The SMILES string of the molecule is CC(C)C[C@H](NC(=O)OCC1c2ccccc2-c2ccccc21)C(=O)N1CC(O)CC1C(=O)O. The molecule has 2 aliphatic rings. The summed E-state index contributed by atoms with van der Waals surface area (Å²) in [6.45, 7) is 3.86. The van der Waals surface area contributed by atoms with Crippen LogP contribution < -0.4 is 5.32 Å². The minimum absolute atomic E-state index is 0.0274. The minimum atomic E-state index is -1.17. The molecule has 2 aromatic carbocycles. The Morgan fingerprint density at radius 1 is 1.06 bits per heavy atom. The van der Waals surface area contributed by atoms with Crippen LogP contribution in [0.4, 0.5) is 4.79 Å². The van der Waals surface area contributed by atoms with Gasteiger partial charge in [-0.15, -0.1) is 0 Å². The summed E-state index contributed by atoms with van der Waals surface area (Å²) in [4.78, 5) is 38.6. The molecule has 1 fully saturated rings. The lowest BCUT2D eigenvalue weighted by Gasteiger charge is -2.28. The van der Waals surface area contributed by atoms with Crippen molar-refractivity contribution in [2.24, 2.45) is 5.92 Å². The maximum absolute atomic E-state index is 13.1. The van der Waals surface area contributed by atoms with Crippen molar-refractivity contribution in [3.8, 4) is 11.1 Å². The molecule has 0 saturated carbocycles. The Bertz CT molecular complexity index is 1040. The predicted molar refractivity (Wildman–Crippen MR) is 125 cm³/mol. The van der Waals surface area contributed by atoms with Crippen LogP contribution in [0, 0.1) is 5.92 Å². The fraction of sp³-hybridized carbons (Fsp3) is 0.423. The van der Waals surface area contributed by atoms with Gasteiger partial charge < -0.3 is 25.2 Å². The van der Waals surface area contributed by atoms with Crippen molar-refractivity contribution in [1.29, 1.82) is 0 Å². The van der Waals surface area contributed by atoms with Gasteiger partial charge in [-0.3, -0.25) is 4.79 Å². The number of carbonyl (C=O) groups excluding carboxylic acids is 2. The maximum atomic E-state index is 13.1. The quantitative estimate of drug-likeness (QED) is 0.578. The van der Waals surface area contributed by atoms with Crippen molar-refractivity contribution in [3.63, 3.8) is 0 Å². The first kappa shape index (κ1) is 23.8. The number of hydrogen-bond acceptors (Lipinski definition) is 5. The van der Waals surface area contributed by atoms with E-state index in [-0.39, 0.29) is 31.4 Å². The number of aliphatic carboxylic acids is 1. The van der Waals surface area contributed by atoms with Crippen LogP contribution in [0.1, 0.15) is 43.7 Å². The van der Waals surface area contributed by atoms with Crippen LogP contribution in [-0.2, 0) is 14.3 Å². The summed E-state index contributed by atoms with van der Waals surface area (Å²) in [5.41, 5.74) is 4.41. The molecule has 1 aliphatic carbocycles. The summed E-state index contributed by atoms with van der Waals surface area (Å²) in [6, 6.07) is 14.0. The number of fused-ring (bicyclic) bond motifs is 3. The summed E-state index contributed by atoms with van der Waals surface area (Å²) in [5, 5.41) is 22.0. The van der Waals surface area contributed by atoms with Crippen LogP contribution in [0.3, 0.4) is 0 Å². The molecule has 0 aromatic heterocycles. The molecule has 8 nitrogen and oxygen atoms in total. The summed E-state index contributed by atoms with van der Waals surface area (Å²) < 4.78 is 5.57. The van der Waals surface area contributed by atoms with Crippen molar-refractivity contribution in [2.45, 2.75) is 50.8 Å². The first-order valence-corrected chi connectivity index (χ1v) is 11.6. The number of ether oxygens (including phenoxy) is 1. The fourth-order valence-electron chi connectivity index (χ4n) is 4.97. The molecular weight excluding hydrogens is 436 g/mol. The fourth-order valence-corrected chi connectivity index (χ4v) is 4.97. The number of β-amino-alcohol motifs (C(OH)–C–C–N with tert-alkyl or cyclic N) is 1. The highest BCUT2D eigenvalue weighted by Crippen LogP contribution is 2.44. The third-order valence-electron chi connectivity index (χ3n) is 6.49. The van der Waals surface area contributed by atoms with Crippen molar-refractivity contribution in [3.05, 3.63) is 59.7 Å². The molecule has 1 aliphatic heterocycles. The summed E-state index contributed by atoms with van der Waals surface area (Å²) in [6.07, 6.45) is -1.34. The van der Waals surface area contributed by atoms with Crippen LogP contribution in [0.15, 0.2) is 48.5 Å². The number of nitrogens with zero attached hydrogens (tertiary/aromatic N) is 1. The minimum Gasteiger partial charge on any atom is -0.480 e. The van der Waals surface area contributed by atoms with Gasteiger partial charge in [0.15, 0.2) is 0 Å². The van der Waals surface area contributed by atoms with Gasteiger partial charge in [0.2, 0.25) is 5.91 Å². The van der Waals surface area contributed by atoms with E-state index in [9.17, 15) is 24.6 Å². The van der Waals surface area contributed by atoms with Gasteiger partial charge in [0.1, 0.15) is 18.7 Å². The summed E-state index contributed by atoms with van der Waals surface area (Å²) in [7, 11) is 0. The Kier molecular flexibility index (Phi) is 6.88. The highest BCUT2D eigenvalue weighted by atomic mass is 16.5. The largest absolute Gasteiger partial charge is 0.480 e. The molecule has 2 aromatic rings. The average Bonchev–Trinajstić information content (AvgIpc) is 3.35. The van der Waals surface area contributed by atoms with Gasteiger partial charge in [0.25, 0.3) is 0 Å². The van der Waals surface area contributed by atoms with Gasteiger partial charge in [-0.1, -0.05) is 62.4 Å². The highest BCUT2D eigenvalue weighted by Gasteiger charge is 2.41. The number of amides is 2. The molecule has 1 saturated heterocycles. The van der Waals surface area contributed by atoms with E-state index in [1.165, 1.54) is 0 Å². The molecule has 0 spiro atoms. The van der Waals surface area contributed by atoms with E-state index in [1.54, 1.807) is 0 Å². The number of hydrogen-bond donors (Lipinski definition) is 3. The molecule has 34 heavy (non-hydrogen) atoms. The Morgan fingerprint density at radius 2 is 1.65 bits per heavy atom. The number of nitrogens with one attached hydrogen (secondary N) is 1. The molecular formula is C26H30N2O6. The van der Waals surface area contributed by atoms with E-state index in [2.05, 4.69) is 17.4 Å². The lowest BCUT2D eigenvalue weighted by Crippen LogP contribution is -2.52. The van der Waals surface area contributed by atoms with Crippen molar-refractivity contribution in [2.75, 3.05) is 13.2 Å². The Balaban J connectivity index is 1.45. The molecule has 180 valence electrons. The monoisotopic (exact) mass is 466 g/mol. The normalized spacial score (nSPS) is 20.1. The zero-order chi connectivity index (χ0) is 24.4. The van der Waals surface area contributed by atoms with Gasteiger partial charge >= 0.3 is 12.1 Å². The van der Waals surface area contributed by atoms with Gasteiger partial charge in [0.05, 0.1) is 6.10 Å². The van der Waals surface area contributed by atoms with E-state index in [0.29, 0.717) is 6.42 Å². The van der Waals surface area contributed by atoms with Gasteiger partial charge in [-0.05, 0) is 34.6 Å². The molecule has 0 radical (unpaired) electrons. The second-order valence-corrected chi connectivity index (χ2v) is 9.39. The molecule has 0 bridgehead atoms. The van der Waals surface area contributed by atoms with E-state index in [4.69, 9.17) is 4.74 Å². The number of alkyl carbamates (subject to hydrolysis) is 1. The number of benzene rings is 2. The summed E-state index contributed by atoms with van der Waals surface area (Å²) in [5.74, 6) is -1.73. The molecule has 4 rings (SSSR count). The molecule has 3 N–H and O–H groups in total. The second kappa shape index (κ2) is 9.85. The van der Waals surface area contributed by atoms with Crippen LogP contribution in [-0.4, -0.2) is 64.4 Å². The lowest BCUT2D eigenvalue weighted by atomic mass is 9.98. The van der Waals surface area contributed by atoms with Crippen LogP contribution in [0.5, 0.6) is 0 Å². The van der Waals surface area contributed by atoms with Crippen LogP contribution in [0.25, 0.3) is 11.1 Å². The first-order valence-electron chi connectivity index (χ1n) is 11.6. The second-order valence-electron chi connectivity index (χ2n) is 9.39. The van der Waals surface area contributed by atoms with Crippen molar-refractivity contribution in [1.82, 2.24) is 10.2 Å². The smallest absolute Gasteiger partial charge is 0.407 e. The highest BCUT2D eigenvalue weighted by molar-refractivity contribution is 5.90. The van der Waals surface area contributed by atoms with E-state index >= 15 is 0 Å². The van der Waals surface area contributed by atoms with Crippen molar-refractivity contribution >= 4 is 18.0 Å². The molecule has 1 heterocycles. The zero-order valence-electron chi connectivity index (χ0n) is 19.3. The number of carboxylic acid groups (broad SMARTS) is 1. The van der Waals surface area contributed by atoms with E-state index in [0.717, 1.165) is 27.2 Å². The number of aliphatic hydroxyl groups is 1.